The maximum Gasteiger partial charge on any atom is 0.410 e. The topological polar surface area (TPSA) is 129 Å². The number of amides is 1. The largest absolute Gasteiger partial charge is 0.459 e. The summed E-state index contributed by atoms with van der Waals surface area (Å²) in [5, 5.41) is 29.5. The average molecular weight is 935 g/mol. The second-order valence-electron chi connectivity index (χ2n) is 18.7. The van der Waals surface area contributed by atoms with Crippen molar-refractivity contribution in [3.63, 3.8) is 0 Å². The van der Waals surface area contributed by atoms with Gasteiger partial charge in [-0.2, -0.15) is 0 Å². The van der Waals surface area contributed by atoms with Crippen LogP contribution in [0.2, 0.25) is 0 Å². The minimum atomic E-state index is -1.48. The molecule has 362 valence electrons. The number of hydrogen-bond acceptors (Lipinski definition) is 10. The summed E-state index contributed by atoms with van der Waals surface area (Å²) in [4.78, 5) is 23.2. The van der Waals surface area contributed by atoms with Crippen molar-refractivity contribution in [1.29, 1.82) is 0 Å². The molecule has 1 saturated heterocycles. The van der Waals surface area contributed by atoms with Gasteiger partial charge in [-0.25, -0.2) is 4.79 Å². The van der Waals surface area contributed by atoms with Crippen LogP contribution in [0.1, 0.15) is 87.7 Å². The molecule has 11 heteroatoms. The van der Waals surface area contributed by atoms with Crippen LogP contribution >= 0.6 is 0 Å². The van der Waals surface area contributed by atoms with E-state index in [0.29, 0.717) is 55.3 Å². The summed E-state index contributed by atoms with van der Waals surface area (Å²) in [7, 11) is 0. The van der Waals surface area contributed by atoms with Gasteiger partial charge in [0.1, 0.15) is 23.3 Å². The Morgan fingerprint density at radius 3 is 2.41 bits per heavy atom. The highest BCUT2D eigenvalue weighted by molar-refractivity contribution is 6.03. The van der Waals surface area contributed by atoms with E-state index >= 15 is 4.79 Å². The van der Waals surface area contributed by atoms with E-state index in [0.717, 1.165) is 76.8 Å². The highest BCUT2D eigenvalue weighted by Gasteiger charge is 2.66. The predicted octanol–water partition coefficient (Wildman–Crippen LogP) is 12.2. The summed E-state index contributed by atoms with van der Waals surface area (Å²) in [5.41, 5.74) is 3.55. The number of hydrogen-bond donors (Lipinski definition) is 2. The quantitative estimate of drug-likeness (QED) is 0.0420. The number of nitrogens with zero attached hydrogens (tertiary/aromatic N) is 2. The highest BCUT2D eigenvalue weighted by Crippen LogP contribution is 2.62. The molecule has 0 aromatic heterocycles. The average Bonchev–Trinajstić information content (AvgIpc) is 3.38. The number of benzene rings is 5. The Morgan fingerprint density at radius 2 is 1.61 bits per heavy atom. The van der Waals surface area contributed by atoms with Crippen LogP contribution in [-0.2, 0) is 25.6 Å². The Kier molecular flexibility index (Phi) is 15.8. The van der Waals surface area contributed by atoms with Crippen LogP contribution in [-0.4, -0.2) is 78.1 Å². The number of allylic oxidation sites excluding steroid dienone is 1. The van der Waals surface area contributed by atoms with Crippen LogP contribution in [0.25, 0.3) is 21.5 Å². The Labute approximate surface area is 406 Å². The number of fused-ring (bicyclic) bond motifs is 4. The lowest BCUT2D eigenvalue weighted by atomic mass is 9.55. The normalized spacial score (nSPS) is 24.4. The monoisotopic (exact) mass is 934 g/mol. The molecular formula is C58H66N2O9. The molecule has 4 aliphatic rings. The Balaban J connectivity index is 1.25. The van der Waals surface area contributed by atoms with E-state index in [1.165, 1.54) is 0 Å². The maximum absolute atomic E-state index is 15.1. The van der Waals surface area contributed by atoms with Gasteiger partial charge in [0.05, 0.1) is 38.0 Å². The van der Waals surface area contributed by atoms with Crippen molar-refractivity contribution < 1.29 is 43.5 Å². The third-order valence-corrected chi connectivity index (χ3v) is 14.4. The van der Waals surface area contributed by atoms with Crippen LogP contribution in [0, 0.1) is 17.8 Å². The van der Waals surface area contributed by atoms with Gasteiger partial charge in [0.25, 0.3) is 0 Å². The van der Waals surface area contributed by atoms with Crippen LogP contribution in [0.15, 0.2) is 145 Å². The van der Waals surface area contributed by atoms with Crippen molar-refractivity contribution in [2.45, 2.75) is 101 Å². The molecule has 9 rings (SSSR count). The third kappa shape index (κ3) is 10.5. The zero-order valence-corrected chi connectivity index (χ0v) is 39.6. The van der Waals surface area contributed by atoms with E-state index < -0.39 is 30.1 Å². The van der Waals surface area contributed by atoms with Gasteiger partial charge in [0, 0.05) is 37.5 Å². The minimum absolute atomic E-state index is 0.0305. The predicted molar refractivity (Wildman–Crippen MR) is 269 cm³/mol. The van der Waals surface area contributed by atoms with Crippen LogP contribution in [0.3, 0.4) is 0 Å². The summed E-state index contributed by atoms with van der Waals surface area (Å²) >= 11 is 0. The van der Waals surface area contributed by atoms with Crippen LogP contribution in [0.4, 0.5) is 4.79 Å². The van der Waals surface area contributed by atoms with Gasteiger partial charge in [0.2, 0.25) is 12.1 Å². The lowest BCUT2D eigenvalue weighted by molar-refractivity contribution is -0.256. The van der Waals surface area contributed by atoms with Gasteiger partial charge >= 0.3 is 6.09 Å². The molecule has 2 fully saturated rings. The lowest BCUT2D eigenvalue weighted by Gasteiger charge is -2.60. The number of carbonyl (C=O) groups is 1. The van der Waals surface area contributed by atoms with Gasteiger partial charge in [-0.05, 0) is 120 Å². The molecule has 11 nitrogen and oxygen atoms in total. The van der Waals surface area contributed by atoms with Gasteiger partial charge < -0.3 is 38.7 Å². The van der Waals surface area contributed by atoms with E-state index in [-0.39, 0.29) is 57.1 Å². The molecule has 2 aliphatic carbocycles. The van der Waals surface area contributed by atoms with Gasteiger partial charge in [-0.1, -0.05) is 109 Å². The number of aliphatic hydroxyl groups excluding tert-OH is 2. The smallest absolute Gasteiger partial charge is 0.410 e. The maximum atomic E-state index is 15.1. The Bertz CT molecular complexity index is 2630. The van der Waals surface area contributed by atoms with Gasteiger partial charge in [-0.3, -0.25) is 4.90 Å². The van der Waals surface area contributed by atoms with Crippen molar-refractivity contribution in [1.82, 2.24) is 4.90 Å². The third-order valence-electron chi connectivity index (χ3n) is 14.4. The fourth-order valence-corrected chi connectivity index (χ4v) is 11.2. The first kappa shape index (κ1) is 48.1. The highest BCUT2D eigenvalue weighted by atomic mass is 16.8. The molecule has 0 spiro atoms. The van der Waals surface area contributed by atoms with Crippen molar-refractivity contribution in [2.75, 3.05) is 33.0 Å². The number of ether oxygens (including phenoxy) is 5. The van der Waals surface area contributed by atoms with Crippen molar-refractivity contribution in [3.05, 3.63) is 151 Å². The molecule has 1 amide bonds. The van der Waals surface area contributed by atoms with E-state index in [9.17, 15) is 10.2 Å². The van der Waals surface area contributed by atoms with Gasteiger partial charge in [0.15, 0.2) is 0 Å². The zero-order valence-electron chi connectivity index (χ0n) is 39.6. The van der Waals surface area contributed by atoms with Gasteiger partial charge in [-0.15, -0.1) is 13.2 Å². The fourth-order valence-electron chi connectivity index (χ4n) is 11.2. The van der Waals surface area contributed by atoms with Crippen molar-refractivity contribution >= 4 is 33.3 Å². The molecular weight excluding hydrogens is 869 g/mol. The second-order valence-corrected chi connectivity index (χ2v) is 18.7. The molecule has 5 aromatic rings. The van der Waals surface area contributed by atoms with E-state index in [1.807, 2.05) is 48.5 Å². The summed E-state index contributed by atoms with van der Waals surface area (Å²) in [6.45, 7) is 9.25. The molecule has 2 N–H and O–H groups in total. The van der Waals surface area contributed by atoms with E-state index in [4.69, 9.17) is 33.7 Å². The molecule has 2 aliphatic heterocycles. The van der Waals surface area contributed by atoms with E-state index in [1.54, 1.807) is 17.1 Å². The summed E-state index contributed by atoms with van der Waals surface area (Å²) in [5.74, 6) is -0.136. The number of aliphatic hydroxyl groups is 2. The number of carbonyl (C=O) groups excluding carboxylic acids is 1. The van der Waals surface area contributed by atoms with Crippen molar-refractivity contribution in [3.8, 4) is 17.2 Å². The van der Waals surface area contributed by atoms with Crippen LogP contribution < -0.4 is 9.47 Å². The molecule has 2 heterocycles. The molecule has 0 radical (unpaired) electrons. The summed E-state index contributed by atoms with van der Waals surface area (Å²) in [6.07, 6.45) is 12.7. The standard InChI is InChI=1S/C58H66N2O9/c1-3-5-33-65-57(63)60(39-44-22-16-21-41-18-8-9-23-47(41)44)53-38-51(59-69-54-25-12-15-34-64-54)49-36-43(20-10-13-30-61)48(24-11-14-31-62)55-50-37-46(67-45-27-26-40-17-6-7-19-42(40)35-45)28-29-52(50)68-58(53,56(49)55)66-32-4-2/h3-4,6-9,16-19,21-23,26-29,35-37,43,48,53-56,61-62H,1-2,5,10-15,20,24-25,30-34,38-39H2/t43-,48+,53-,54?,55+,56+,58+/m0/s1. The first-order valence-electron chi connectivity index (χ1n) is 25.0. The number of oxime groups is 1. The first-order valence-corrected chi connectivity index (χ1v) is 25.0. The molecule has 7 atom stereocenters. The Hall–Kier alpha value is -5.98. The van der Waals surface area contributed by atoms with Crippen LogP contribution in [0.5, 0.6) is 17.2 Å². The van der Waals surface area contributed by atoms with E-state index in [2.05, 4.69) is 73.8 Å². The SMILES string of the molecule is C=CCCOC(=O)N(Cc1cccc2ccccc12)[C@H]1CC(=NOC2CCCCO2)C2=C[C@H](CCCCO)[C@@H](CCCCO)[C@@H]3c4cc(Oc5ccc6ccccc6c5)ccc4O[C@@]1(OCC=C)[C@H]23. The molecule has 1 saturated carbocycles. The first-order chi connectivity index (χ1) is 33.9. The second kappa shape index (κ2) is 22.6. The molecule has 1 unspecified atom stereocenters. The zero-order chi connectivity index (χ0) is 47.6. The molecule has 5 aromatic carbocycles. The number of rotatable bonds is 21. The minimum Gasteiger partial charge on any atom is -0.459 e. The van der Waals surface area contributed by atoms with Crippen molar-refractivity contribution in [2.24, 2.45) is 22.9 Å². The fraction of sp³-hybridized carbons (Fsp3) is 0.414. The molecule has 0 bridgehead atoms. The number of unbranched alkanes of at least 4 members (excludes halogenated alkanes) is 2. The summed E-state index contributed by atoms with van der Waals surface area (Å²) < 4.78 is 33.7. The summed E-state index contributed by atoms with van der Waals surface area (Å²) in [6, 6.07) is 33.9. The Morgan fingerprint density at radius 1 is 0.841 bits per heavy atom. The lowest BCUT2D eigenvalue weighted by Crippen LogP contribution is -2.70. The molecule has 69 heavy (non-hydrogen) atoms.